The van der Waals surface area contributed by atoms with Crippen LogP contribution in [0.15, 0.2) is 33.5 Å². The van der Waals surface area contributed by atoms with E-state index >= 15 is 0 Å². The van der Waals surface area contributed by atoms with E-state index in [-0.39, 0.29) is 31.7 Å². The summed E-state index contributed by atoms with van der Waals surface area (Å²) in [7, 11) is 0. The minimum absolute atomic E-state index is 0.0105. The molecule has 0 bridgehead atoms. The van der Waals surface area contributed by atoms with Gasteiger partial charge in [0, 0.05) is 19.0 Å². The zero-order chi connectivity index (χ0) is 18.0. The van der Waals surface area contributed by atoms with Gasteiger partial charge in [0.05, 0.1) is 11.4 Å². The number of hydrogen-bond acceptors (Lipinski definition) is 3. The first-order chi connectivity index (χ1) is 11.8. The molecule has 0 spiro atoms. The highest BCUT2D eigenvalue weighted by molar-refractivity contribution is 5.77. The maximum Gasteiger partial charge on any atom is 0.419 e. The van der Waals surface area contributed by atoms with E-state index in [1.165, 1.54) is 4.57 Å². The second-order valence-electron chi connectivity index (χ2n) is 6.41. The van der Waals surface area contributed by atoms with Gasteiger partial charge in [0.15, 0.2) is 5.58 Å². The number of oxazole rings is 1. The fraction of sp³-hybridized carbons (Fsp3) is 0.529. The maximum absolute atomic E-state index is 12.8. The lowest BCUT2D eigenvalue weighted by atomic mass is 9.85. The summed E-state index contributed by atoms with van der Waals surface area (Å²) >= 11 is 0. The van der Waals surface area contributed by atoms with Gasteiger partial charge >= 0.3 is 11.9 Å². The number of carbonyl (C=O) groups excluding carboxylic acids is 1. The highest BCUT2D eigenvalue weighted by atomic mass is 19.4. The van der Waals surface area contributed by atoms with Crippen LogP contribution in [0.1, 0.15) is 32.1 Å². The fourth-order valence-corrected chi connectivity index (χ4v) is 3.36. The van der Waals surface area contributed by atoms with Crippen molar-refractivity contribution >= 4 is 17.0 Å². The van der Waals surface area contributed by atoms with Gasteiger partial charge < -0.3 is 9.73 Å². The Hall–Kier alpha value is -2.25. The molecule has 5 nitrogen and oxygen atoms in total. The predicted octanol–water partition coefficient (Wildman–Crippen LogP) is 3.22. The van der Waals surface area contributed by atoms with Crippen LogP contribution in [-0.2, 0) is 11.3 Å². The molecule has 1 aromatic heterocycles. The van der Waals surface area contributed by atoms with E-state index in [1.807, 2.05) is 0 Å². The maximum atomic E-state index is 12.8. The summed E-state index contributed by atoms with van der Waals surface area (Å²) in [5.74, 6) is -2.26. The van der Waals surface area contributed by atoms with E-state index in [0.717, 1.165) is 0 Å². The van der Waals surface area contributed by atoms with Gasteiger partial charge in [-0.15, -0.1) is 0 Å². The number of carbonyl (C=O) groups is 1. The standard InChI is InChI=1S/C17H19F3N2O3/c18-17(19,20)11-4-3-5-12(10-11)21-15(23)8-9-22-13-6-1-2-7-14(13)25-16(22)24/h1-2,6-7,11-12H,3-5,8-10H2,(H,21,23)/t11-,12+/m0/s1. The summed E-state index contributed by atoms with van der Waals surface area (Å²) in [6, 6.07) is 6.40. The average Bonchev–Trinajstić information content (AvgIpc) is 2.87. The Labute approximate surface area is 141 Å². The number of hydrogen-bond donors (Lipinski definition) is 1. The predicted molar refractivity (Wildman–Crippen MR) is 85.0 cm³/mol. The van der Waals surface area contributed by atoms with Crippen LogP contribution in [0.3, 0.4) is 0 Å². The number of rotatable bonds is 4. The summed E-state index contributed by atoms with van der Waals surface area (Å²) < 4.78 is 44.9. The van der Waals surface area contributed by atoms with Crippen molar-refractivity contribution in [1.82, 2.24) is 9.88 Å². The monoisotopic (exact) mass is 356 g/mol. The van der Waals surface area contributed by atoms with Crippen molar-refractivity contribution in [2.45, 2.75) is 50.9 Å². The van der Waals surface area contributed by atoms with Crippen molar-refractivity contribution in [3.05, 3.63) is 34.8 Å². The Bertz CT molecular complexity index is 809. The summed E-state index contributed by atoms with van der Waals surface area (Å²) in [5, 5.41) is 2.67. The van der Waals surface area contributed by atoms with Gasteiger partial charge in [0.2, 0.25) is 5.91 Å². The fourth-order valence-electron chi connectivity index (χ4n) is 3.36. The normalized spacial score (nSPS) is 21.4. The SMILES string of the molecule is O=C(CCn1c(=O)oc2ccccc21)N[C@@H]1CCC[C@H](C(F)(F)F)C1. The zero-order valence-electron chi connectivity index (χ0n) is 13.5. The Kier molecular flexibility index (Phi) is 4.87. The van der Waals surface area contributed by atoms with E-state index in [2.05, 4.69) is 5.32 Å². The summed E-state index contributed by atoms with van der Waals surface area (Å²) in [5.41, 5.74) is 1.03. The average molecular weight is 356 g/mol. The van der Waals surface area contributed by atoms with E-state index in [0.29, 0.717) is 23.9 Å². The van der Waals surface area contributed by atoms with E-state index < -0.39 is 23.9 Å². The van der Waals surface area contributed by atoms with Crippen LogP contribution in [0, 0.1) is 5.92 Å². The lowest BCUT2D eigenvalue weighted by Crippen LogP contribution is -2.41. The topological polar surface area (TPSA) is 64.2 Å². The molecule has 1 aliphatic carbocycles. The molecule has 0 unspecified atom stereocenters. The lowest BCUT2D eigenvalue weighted by molar-refractivity contribution is -0.184. The molecule has 136 valence electrons. The third-order valence-corrected chi connectivity index (χ3v) is 4.64. The Balaban J connectivity index is 1.58. The van der Waals surface area contributed by atoms with Crippen molar-refractivity contribution in [1.29, 1.82) is 0 Å². The summed E-state index contributed by atoms with van der Waals surface area (Å²) in [6.45, 7) is 0.122. The number of alkyl halides is 3. The molecule has 1 fully saturated rings. The molecule has 1 N–H and O–H groups in total. The molecule has 1 aromatic carbocycles. The van der Waals surface area contributed by atoms with Crippen molar-refractivity contribution < 1.29 is 22.4 Å². The van der Waals surface area contributed by atoms with Gasteiger partial charge in [-0.1, -0.05) is 18.6 Å². The molecule has 1 heterocycles. The highest BCUT2D eigenvalue weighted by Crippen LogP contribution is 2.37. The molecule has 2 atom stereocenters. The first kappa shape index (κ1) is 17.6. The Morgan fingerprint density at radius 1 is 1.28 bits per heavy atom. The molecule has 0 saturated heterocycles. The van der Waals surface area contributed by atoms with Crippen LogP contribution < -0.4 is 11.1 Å². The minimum atomic E-state index is -4.22. The van der Waals surface area contributed by atoms with Gasteiger partial charge in [-0.25, -0.2) is 4.79 Å². The zero-order valence-corrected chi connectivity index (χ0v) is 13.5. The third kappa shape index (κ3) is 4.05. The second kappa shape index (κ2) is 6.93. The van der Waals surface area contributed by atoms with Crippen LogP contribution in [0.5, 0.6) is 0 Å². The molecule has 1 saturated carbocycles. The Morgan fingerprint density at radius 3 is 2.80 bits per heavy atom. The number of para-hydroxylation sites is 2. The van der Waals surface area contributed by atoms with E-state index in [4.69, 9.17) is 4.42 Å². The van der Waals surface area contributed by atoms with Crippen molar-refractivity contribution in [3.8, 4) is 0 Å². The van der Waals surface area contributed by atoms with Gasteiger partial charge in [0.1, 0.15) is 0 Å². The first-order valence-corrected chi connectivity index (χ1v) is 8.29. The molecule has 0 aliphatic heterocycles. The van der Waals surface area contributed by atoms with Crippen LogP contribution in [0.2, 0.25) is 0 Å². The number of amides is 1. The number of benzene rings is 1. The molecule has 8 heteroatoms. The summed E-state index contributed by atoms with van der Waals surface area (Å²) in [6.07, 6.45) is -3.17. The molecule has 25 heavy (non-hydrogen) atoms. The molecule has 2 aromatic rings. The number of nitrogens with zero attached hydrogens (tertiary/aromatic N) is 1. The third-order valence-electron chi connectivity index (χ3n) is 4.64. The molecular weight excluding hydrogens is 337 g/mol. The molecular formula is C17H19F3N2O3. The van der Waals surface area contributed by atoms with Crippen LogP contribution in [0.4, 0.5) is 13.2 Å². The number of nitrogens with one attached hydrogen (secondary N) is 1. The molecule has 3 rings (SSSR count). The number of halogens is 3. The Morgan fingerprint density at radius 2 is 2.04 bits per heavy atom. The second-order valence-corrected chi connectivity index (χ2v) is 6.41. The van der Waals surface area contributed by atoms with Crippen molar-refractivity contribution in [3.63, 3.8) is 0 Å². The van der Waals surface area contributed by atoms with Crippen LogP contribution in [-0.4, -0.2) is 22.7 Å². The van der Waals surface area contributed by atoms with Gasteiger partial charge in [-0.05, 0) is 31.4 Å². The molecule has 1 aliphatic rings. The quantitative estimate of drug-likeness (QED) is 0.915. The van der Waals surface area contributed by atoms with Gasteiger partial charge in [0.25, 0.3) is 0 Å². The van der Waals surface area contributed by atoms with Gasteiger partial charge in [-0.2, -0.15) is 13.2 Å². The van der Waals surface area contributed by atoms with E-state index in [1.54, 1.807) is 24.3 Å². The smallest absolute Gasteiger partial charge is 0.408 e. The van der Waals surface area contributed by atoms with Crippen molar-refractivity contribution in [2.75, 3.05) is 0 Å². The molecule has 1 amide bonds. The highest BCUT2D eigenvalue weighted by Gasteiger charge is 2.42. The number of aryl methyl sites for hydroxylation is 1. The van der Waals surface area contributed by atoms with Gasteiger partial charge in [-0.3, -0.25) is 9.36 Å². The van der Waals surface area contributed by atoms with Crippen LogP contribution >= 0.6 is 0 Å². The number of fused-ring (bicyclic) bond motifs is 1. The largest absolute Gasteiger partial charge is 0.419 e. The lowest BCUT2D eigenvalue weighted by Gasteiger charge is -2.31. The van der Waals surface area contributed by atoms with E-state index in [9.17, 15) is 22.8 Å². The van der Waals surface area contributed by atoms with Crippen molar-refractivity contribution in [2.24, 2.45) is 5.92 Å². The summed E-state index contributed by atoms with van der Waals surface area (Å²) in [4.78, 5) is 23.9. The minimum Gasteiger partial charge on any atom is -0.408 e. The molecule has 0 radical (unpaired) electrons. The first-order valence-electron chi connectivity index (χ1n) is 8.29. The van der Waals surface area contributed by atoms with Crippen LogP contribution in [0.25, 0.3) is 11.1 Å². The number of aromatic nitrogens is 1.